The lowest BCUT2D eigenvalue weighted by Gasteiger charge is -2.19. The van der Waals surface area contributed by atoms with E-state index in [0.717, 1.165) is 37.7 Å². The molecule has 4 heteroatoms. The molecule has 1 aromatic rings. The third-order valence-electron chi connectivity index (χ3n) is 3.94. The van der Waals surface area contributed by atoms with Gasteiger partial charge in [0.2, 0.25) is 5.96 Å². The first kappa shape index (κ1) is 13.2. The monoisotopic (exact) mass is 270 g/mol. The number of benzene rings is 1. The van der Waals surface area contributed by atoms with E-state index in [1.165, 1.54) is 25.1 Å². The maximum absolute atomic E-state index is 4.85. The molecule has 2 fully saturated rings. The van der Waals surface area contributed by atoms with Gasteiger partial charge in [0.05, 0.1) is 5.69 Å². The summed E-state index contributed by atoms with van der Waals surface area (Å²) in [4.78, 5) is 14.2. The zero-order valence-electron chi connectivity index (χ0n) is 12.1. The SMILES string of the molecule is CN1CCC/C1=N/C(=Nc1ccccc1)N1CCCC1. The van der Waals surface area contributed by atoms with E-state index in [1.807, 2.05) is 30.3 Å². The lowest BCUT2D eigenvalue weighted by atomic mass is 10.3. The Labute approximate surface area is 120 Å². The van der Waals surface area contributed by atoms with E-state index in [0.29, 0.717) is 0 Å². The van der Waals surface area contributed by atoms with Gasteiger partial charge in [-0.25, -0.2) is 4.99 Å². The summed E-state index contributed by atoms with van der Waals surface area (Å²) >= 11 is 0. The first-order valence-electron chi connectivity index (χ1n) is 7.50. The van der Waals surface area contributed by atoms with Gasteiger partial charge in [-0.3, -0.25) is 0 Å². The second-order valence-electron chi connectivity index (χ2n) is 5.49. The Morgan fingerprint density at radius 3 is 2.40 bits per heavy atom. The van der Waals surface area contributed by atoms with Crippen molar-refractivity contribution >= 4 is 17.5 Å². The van der Waals surface area contributed by atoms with E-state index in [4.69, 9.17) is 9.98 Å². The highest BCUT2D eigenvalue weighted by molar-refractivity contribution is 5.97. The van der Waals surface area contributed by atoms with Gasteiger partial charge >= 0.3 is 0 Å². The molecule has 20 heavy (non-hydrogen) atoms. The molecule has 0 aromatic heterocycles. The Morgan fingerprint density at radius 1 is 1.00 bits per heavy atom. The molecule has 0 spiro atoms. The van der Waals surface area contributed by atoms with Crippen LogP contribution in [-0.2, 0) is 0 Å². The number of rotatable bonds is 1. The van der Waals surface area contributed by atoms with Crippen LogP contribution in [0.4, 0.5) is 5.69 Å². The molecule has 1 aromatic carbocycles. The molecule has 0 saturated carbocycles. The van der Waals surface area contributed by atoms with Crippen molar-refractivity contribution in [3.05, 3.63) is 30.3 Å². The lowest BCUT2D eigenvalue weighted by molar-refractivity contribution is 0.510. The average Bonchev–Trinajstić information content (AvgIpc) is 3.12. The van der Waals surface area contributed by atoms with Gasteiger partial charge in [-0.05, 0) is 31.4 Å². The highest BCUT2D eigenvalue weighted by atomic mass is 15.3. The zero-order chi connectivity index (χ0) is 13.8. The van der Waals surface area contributed by atoms with E-state index in [1.54, 1.807) is 0 Å². The Morgan fingerprint density at radius 2 is 1.75 bits per heavy atom. The molecule has 2 aliphatic rings. The molecule has 3 rings (SSSR count). The first-order chi connectivity index (χ1) is 9.83. The Bertz CT molecular complexity index is 500. The predicted octanol–water partition coefficient (Wildman–Crippen LogP) is 2.89. The van der Waals surface area contributed by atoms with Gasteiger partial charge in [0.15, 0.2) is 0 Å². The summed E-state index contributed by atoms with van der Waals surface area (Å²) in [5, 5.41) is 0. The highest BCUT2D eigenvalue weighted by Crippen LogP contribution is 2.17. The molecule has 0 N–H and O–H groups in total. The van der Waals surface area contributed by atoms with Gasteiger partial charge in [0.1, 0.15) is 5.84 Å². The predicted molar refractivity (Wildman–Crippen MR) is 83.6 cm³/mol. The van der Waals surface area contributed by atoms with Crippen LogP contribution in [0.25, 0.3) is 0 Å². The van der Waals surface area contributed by atoms with Crippen LogP contribution in [0.2, 0.25) is 0 Å². The largest absolute Gasteiger partial charge is 0.363 e. The Kier molecular flexibility index (Phi) is 4.00. The molecule has 0 unspecified atom stereocenters. The summed E-state index contributed by atoms with van der Waals surface area (Å²) < 4.78 is 0. The molecule has 0 atom stereocenters. The van der Waals surface area contributed by atoms with Gasteiger partial charge in [0, 0.05) is 33.1 Å². The van der Waals surface area contributed by atoms with Crippen LogP contribution in [0.1, 0.15) is 25.7 Å². The molecule has 2 aliphatic heterocycles. The first-order valence-corrected chi connectivity index (χ1v) is 7.50. The van der Waals surface area contributed by atoms with Crippen LogP contribution >= 0.6 is 0 Å². The molecule has 0 radical (unpaired) electrons. The van der Waals surface area contributed by atoms with Crippen LogP contribution in [0.5, 0.6) is 0 Å². The standard InChI is InChI=1S/C16H22N4/c1-19-11-7-10-15(19)18-16(20-12-5-6-13-20)17-14-8-3-2-4-9-14/h2-4,8-9H,5-7,10-13H2,1H3/b17-16?,18-15-. The number of hydrogen-bond acceptors (Lipinski definition) is 1. The molecule has 2 saturated heterocycles. The van der Waals surface area contributed by atoms with Crippen molar-refractivity contribution in [1.82, 2.24) is 9.80 Å². The summed E-state index contributed by atoms with van der Waals surface area (Å²) in [6.07, 6.45) is 4.76. The summed E-state index contributed by atoms with van der Waals surface area (Å²) in [5.41, 5.74) is 0.986. The molecule has 0 bridgehead atoms. The maximum atomic E-state index is 4.85. The summed E-state index contributed by atoms with van der Waals surface area (Å²) in [6, 6.07) is 10.1. The number of likely N-dealkylation sites (tertiary alicyclic amines) is 2. The van der Waals surface area contributed by atoms with E-state index >= 15 is 0 Å². The third kappa shape index (κ3) is 3.00. The van der Waals surface area contributed by atoms with Gasteiger partial charge in [-0.15, -0.1) is 0 Å². The van der Waals surface area contributed by atoms with Crippen molar-refractivity contribution < 1.29 is 0 Å². The Balaban J connectivity index is 1.89. The van der Waals surface area contributed by atoms with Crippen molar-refractivity contribution in [3.8, 4) is 0 Å². The second-order valence-corrected chi connectivity index (χ2v) is 5.49. The minimum Gasteiger partial charge on any atom is -0.363 e. The maximum Gasteiger partial charge on any atom is 0.227 e. The average molecular weight is 270 g/mol. The number of guanidine groups is 1. The van der Waals surface area contributed by atoms with Crippen LogP contribution in [0.3, 0.4) is 0 Å². The van der Waals surface area contributed by atoms with Crippen molar-refractivity contribution in [2.24, 2.45) is 9.98 Å². The van der Waals surface area contributed by atoms with Crippen molar-refractivity contribution in [3.63, 3.8) is 0 Å². The number of para-hydroxylation sites is 1. The van der Waals surface area contributed by atoms with Crippen molar-refractivity contribution in [2.45, 2.75) is 25.7 Å². The fourth-order valence-electron chi connectivity index (χ4n) is 2.75. The van der Waals surface area contributed by atoms with Gasteiger partial charge in [-0.2, -0.15) is 4.99 Å². The van der Waals surface area contributed by atoms with Crippen LogP contribution in [0.15, 0.2) is 40.3 Å². The summed E-state index contributed by atoms with van der Waals surface area (Å²) in [7, 11) is 2.12. The normalized spacial score (nSPS) is 22.1. The third-order valence-corrected chi connectivity index (χ3v) is 3.94. The minimum absolute atomic E-state index is 0.887. The van der Waals surface area contributed by atoms with Gasteiger partial charge in [0.25, 0.3) is 0 Å². The van der Waals surface area contributed by atoms with E-state index in [9.17, 15) is 0 Å². The zero-order valence-corrected chi connectivity index (χ0v) is 12.1. The fraction of sp³-hybridized carbons (Fsp3) is 0.500. The van der Waals surface area contributed by atoms with E-state index in [2.05, 4.69) is 16.8 Å². The second kappa shape index (κ2) is 6.07. The summed E-state index contributed by atoms with van der Waals surface area (Å²) in [6.45, 7) is 3.26. The molecular formula is C16H22N4. The lowest BCUT2D eigenvalue weighted by Crippen LogP contribution is -2.29. The topological polar surface area (TPSA) is 31.2 Å². The van der Waals surface area contributed by atoms with Gasteiger partial charge in [-0.1, -0.05) is 18.2 Å². The van der Waals surface area contributed by atoms with Crippen LogP contribution < -0.4 is 0 Å². The number of nitrogens with zero attached hydrogens (tertiary/aromatic N) is 4. The molecule has 2 heterocycles. The van der Waals surface area contributed by atoms with E-state index in [-0.39, 0.29) is 0 Å². The minimum atomic E-state index is 0.887. The molecule has 4 nitrogen and oxygen atoms in total. The fourth-order valence-corrected chi connectivity index (χ4v) is 2.75. The molecule has 0 aliphatic carbocycles. The molecular weight excluding hydrogens is 248 g/mol. The highest BCUT2D eigenvalue weighted by Gasteiger charge is 2.20. The molecule has 0 amide bonds. The van der Waals surface area contributed by atoms with Crippen molar-refractivity contribution in [1.29, 1.82) is 0 Å². The molecule has 106 valence electrons. The Hall–Kier alpha value is -1.84. The van der Waals surface area contributed by atoms with E-state index < -0.39 is 0 Å². The van der Waals surface area contributed by atoms with Crippen LogP contribution in [-0.4, -0.2) is 48.3 Å². The number of amidine groups is 1. The summed E-state index contributed by atoms with van der Waals surface area (Å²) in [5.74, 6) is 2.06. The van der Waals surface area contributed by atoms with Crippen molar-refractivity contribution in [2.75, 3.05) is 26.7 Å². The number of aliphatic imine (C=N–C) groups is 2. The smallest absolute Gasteiger partial charge is 0.227 e. The quantitative estimate of drug-likeness (QED) is 0.580. The number of hydrogen-bond donors (Lipinski definition) is 0. The van der Waals surface area contributed by atoms with Gasteiger partial charge < -0.3 is 9.80 Å². The van der Waals surface area contributed by atoms with Crippen LogP contribution in [0, 0.1) is 0 Å².